The van der Waals surface area contributed by atoms with Crippen molar-refractivity contribution in [2.45, 2.75) is 97.0 Å². The number of aliphatic hydroxyl groups is 1. The molecule has 0 spiro atoms. The molecule has 0 bridgehead atoms. The summed E-state index contributed by atoms with van der Waals surface area (Å²) in [7, 11) is 0. The van der Waals surface area contributed by atoms with E-state index in [1.807, 2.05) is 65.8 Å². The minimum absolute atomic E-state index is 0.230. The van der Waals surface area contributed by atoms with Crippen molar-refractivity contribution in [3.8, 4) is 5.75 Å². The predicted molar refractivity (Wildman–Crippen MR) is 166 cm³/mol. The van der Waals surface area contributed by atoms with Gasteiger partial charge in [0.1, 0.15) is 23.6 Å². The Hall–Kier alpha value is -3.30. The van der Waals surface area contributed by atoms with Crippen molar-refractivity contribution in [3.63, 3.8) is 0 Å². The van der Waals surface area contributed by atoms with E-state index in [1.165, 1.54) is 0 Å². The van der Waals surface area contributed by atoms with E-state index in [0.29, 0.717) is 18.8 Å². The van der Waals surface area contributed by atoms with Gasteiger partial charge >= 0.3 is 12.2 Å². The molecule has 2 heterocycles. The Balaban J connectivity index is 1.40. The van der Waals surface area contributed by atoms with Gasteiger partial charge in [0.05, 0.1) is 17.0 Å². The molecule has 1 aliphatic carbocycles. The third-order valence-electron chi connectivity index (χ3n) is 8.20. The van der Waals surface area contributed by atoms with Gasteiger partial charge in [-0.1, -0.05) is 32.0 Å². The van der Waals surface area contributed by atoms with Gasteiger partial charge in [0.25, 0.3) is 0 Å². The summed E-state index contributed by atoms with van der Waals surface area (Å²) in [5.74, 6) is 0.606. The van der Waals surface area contributed by atoms with Crippen LogP contribution in [0.15, 0.2) is 36.4 Å². The zero-order chi connectivity index (χ0) is 31.4. The first-order valence-electron chi connectivity index (χ1n) is 15.3. The number of piperazine rings is 1. The van der Waals surface area contributed by atoms with Crippen LogP contribution in [0.1, 0.15) is 84.9 Å². The third-order valence-corrected chi connectivity index (χ3v) is 8.20. The average molecular weight is 594 g/mol. The summed E-state index contributed by atoms with van der Waals surface area (Å²) < 4.78 is 17.4. The van der Waals surface area contributed by atoms with Crippen LogP contribution in [0.25, 0.3) is 0 Å². The number of nitrogens with zero attached hydrogens (tertiary/aromatic N) is 3. The SMILES string of the molecule is CC(C)(C)OC(=O)N1CCN(Cc2ccc3c(c2)C(C)(C)c2ccc(OCC4(O)CC4)cc2N3C(=O)OC(C)(C)C)CC1. The molecule has 2 aliphatic heterocycles. The molecule has 43 heavy (non-hydrogen) atoms. The Labute approximate surface area is 255 Å². The van der Waals surface area contributed by atoms with Crippen molar-refractivity contribution in [1.82, 2.24) is 9.80 Å². The molecule has 1 saturated heterocycles. The van der Waals surface area contributed by atoms with E-state index in [1.54, 1.807) is 9.80 Å². The largest absolute Gasteiger partial charge is 0.491 e. The van der Waals surface area contributed by atoms with Crippen LogP contribution in [0.5, 0.6) is 5.75 Å². The number of carbonyl (C=O) groups is 2. The highest BCUT2D eigenvalue weighted by atomic mass is 16.6. The lowest BCUT2D eigenvalue weighted by Crippen LogP contribution is -2.49. The first-order chi connectivity index (χ1) is 19.9. The summed E-state index contributed by atoms with van der Waals surface area (Å²) in [4.78, 5) is 32.0. The van der Waals surface area contributed by atoms with Crippen molar-refractivity contribution in [1.29, 1.82) is 0 Å². The molecule has 0 radical (unpaired) electrons. The topological polar surface area (TPSA) is 91.8 Å². The minimum Gasteiger partial charge on any atom is -0.491 e. The number of rotatable bonds is 5. The summed E-state index contributed by atoms with van der Waals surface area (Å²) in [6.07, 6.45) is 0.768. The minimum atomic E-state index is -0.745. The van der Waals surface area contributed by atoms with Gasteiger partial charge in [0.2, 0.25) is 0 Å². The van der Waals surface area contributed by atoms with Gasteiger partial charge < -0.3 is 24.2 Å². The van der Waals surface area contributed by atoms with E-state index in [4.69, 9.17) is 14.2 Å². The first kappa shape index (κ1) is 31.1. The maximum atomic E-state index is 13.7. The maximum Gasteiger partial charge on any atom is 0.419 e. The molecule has 0 unspecified atom stereocenters. The normalized spacial score (nSPS) is 19.3. The fourth-order valence-corrected chi connectivity index (χ4v) is 5.65. The summed E-state index contributed by atoms with van der Waals surface area (Å²) in [6, 6.07) is 12.1. The quantitative estimate of drug-likeness (QED) is 0.432. The lowest BCUT2D eigenvalue weighted by molar-refractivity contribution is 0.0138. The van der Waals surface area contributed by atoms with Crippen LogP contribution in [-0.2, 0) is 21.4 Å². The summed E-state index contributed by atoms with van der Waals surface area (Å²) in [5, 5.41) is 10.3. The van der Waals surface area contributed by atoms with Crippen molar-refractivity contribution >= 4 is 23.6 Å². The lowest BCUT2D eigenvalue weighted by Gasteiger charge is -2.41. The molecule has 2 aromatic rings. The number of benzene rings is 2. The Bertz CT molecular complexity index is 1380. The van der Waals surface area contributed by atoms with Crippen LogP contribution < -0.4 is 9.64 Å². The fraction of sp³-hybridized carbons (Fsp3) is 0.588. The smallest absolute Gasteiger partial charge is 0.419 e. The van der Waals surface area contributed by atoms with Gasteiger partial charge in [-0.05, 0) is 83.2 Å². The standard InChI is InChI=1S/C34H47N3O6/c1-31(2,3)42-29(38)36-17-15-35(16-18-36)21-23-9-12-27-26(19-23)33(7,8)25-11-10-24(41-22-34(40)13-14-34)20-28(25)37(27)30(39)43-32(4,5)6/h9-12,19-20,40H,13-18,21-22H2,1-8H3. The van der Waals surface area contributed by atoms with E-state index in [2.05, 4.69) is 30.9 Å². The summed E-state index contributed by atoms with van der Waals surface area (Å²) in [5.41, 5.74) is 2.35. The van der Waals surface area contributed by atoms with Crippen molar-refractivity contribution in [2.75, 3.05) is 37.7 Å². The molecule has 9 nitrogen and oxygen atoms in total. The van der Waals surface area contributed by atoms with Gasteiger partial charge in [0, 0.05) is 44.2 Å². The second-order valence-electron chi connectivity index (χ2n) is 14.7. The maximum absolute atomic E-state index is 13.7. The Kier molecular flexibility index (Phi) is 7.97. The predicted octanol–water partition coefficient (Wildman–Crippen LogP) is 6.36. The van der Waals surface area contributed by atoms with Gasteiger partial charge in [0.15, 0.2) is 0 Å². The average Bonchev–Trinajstić information content (AvgIpc) is 3.63. The Morgan fingerprint density at radius 1 is 0.814 bits per heavy atom. The Morgan fingerprint density at radius 3 is 2.05 bits per heavy atom. The van der Waals surface area contributed by atoms with E-state index >= 15 is 0 Å². The monoisotopic (exact) mass is 593 g/mol. The molecule has 1 saturated carbocycles. The molecule has 234 valence electrons. The van der Waals surface area contributed by atoms with Crippen LogP contribution in [0.3, 0.4) is 0 Å². The van der Waals surface area contributed by atoms with Gasteiger partial charge in [-0.25, -0.2) is 14.5 Å². The molecule has 2 fully saturated rings. The number of hydrogen-bond acceptors (Lipinski definition) is 7. The second kappa shape index (κ2) is 11.0. The molecular weight excluding hydrogens is 546 g/mol. The van der Waals surface area contributed by atoms with Gasteiger partial charge in [-0.2, -0.15) is 0 Å². The second-order valence-corrected chi connectivity index (χ2v) is 14.7. The molecule has 9 heteroatoms. The lowest BCUT2D eigenvalue weighted by atomic mass is 9.73. The molecule has 5 rings (SSSR count). The van der Waals surface area contributed by atoms with Crippen LogP contribution >= 0.6 is 0 Å². The number of carbonyl (C=O) groups excluding carboxylic acids is 2. The molecule has 3 aliphatic rings. The zero-order valence-corrected chi connectivity index (χ0v) is 27.0. The van der Waals surface area contributed by atoms with E-state index < -0.39 is 28.3 Å². The van der Waals surface area contributed by atoms with E-state index in [0.717, 1.165) is 60.5 Å². The number of fused-ring (bicyclic) bond motifs is 2. The molecule has 0 atom stereocenters. The van der Waals surface area contributed by atoms with Gasteiger partial charge in [-0.3, -0.25) is 4.90 Å². The van der Waals surface area contributed by atoms with E-state index in [9.17, 15) is 14.7 Å². The first-order valence-corrected chi connectivity index (χ1v) is 15.3. The van der Waals surface area contributed by atoms with Crippen molar-refractivity contribution < 1.29 is 28.9 Å². The third kappa shape index (κ3) is 7.10. The number of anilines is 2. The fourth-order valence-electron chi connectivity index (χ4n) is 5.65. The number of ether oxygens (including phenoxy) is 3. The van der Waals surface area contributed by atoms with Gasteiger partial charge in [-0.15, -0.1) is 0 Å². The summed E-state index contributed by atoms with van der Waals surface area (Å²) in [6.45, 7) is 19.3. The number of amides is 2. The molecular formula is C34H47N3O6. The van der Waals surface area contributed by atoms with Crippen molar-refractivity contribution in [3.05, 3.63) is 53.1 Å². The highest BCUT2D eigenvalue weighted by molar-refractivity contribution is 6.00. The summed E-state index contributed by atoms with van der Waals surface area (Å²) >= 11 is 0. The van der Waals surface area contributed by atoms with E-state index in [-0.39, 0.29) is 12.7 Å². The van der Waals surface area contributed by atoms with Crippen LogP contribution in [0, 0.1) is 0 Å². The Morgan fingerprint density at radius 2 is 1.44 bits per heavy atom. The molecule has 1 N–H and O–H groups in total. The zero-order valence-electron chi connectivity index (χ0n) is 27.0. The van der Waals surface area contributed by atoms with Crippen molar-refractivity contribution in [2.24, 2.45) is 0 Å². The van der Waals surface area contributed by atoms with Crippen LogP contribution in [0.4, 0.5) is 21.0 Å². The molecule has 2 aromatic carbocycles. The highest BCUT2D eigenvalue weighted by Gasteiger charge is 2.43. The highest BCUT2D eigenvalue weighted by Crippen LogP contribution is 2.51. The van der Waals surface area contributed by atoms with Crippen LogP contribution in [0.2, 0.25) is 0 Å². The molecule has 2 amide bonds. The van der Waals surface area contributed by atoms with Crippen LogP contribution in [-0.4, -0.2) is 76.7 Å². The number of hydrogen-bond donors (Lipinski definition) is 1. The molecule has 0 aromatic heterocycles.